The lowest BCUT2D eigenvalue weighted by atomic mass is 9.86. The van der Waals surface area contributed by atoms with E-state index in [1.54, 1.807) is 0 Å². The molecule has 0 radical (unpaired) electrons. The summed E-state index contributed by atoms with van der Waals surface area (Å²) in [5.74, 6) is 0.203. The number of rotatable bonds is 6. The minimum Gasteiger partial charge on any atom is -0.466 e. The first kappa shape index (κ1) is 22.3. The van der Waals surface area contributed by atoms with Crippen molar-refractivity contribution in [2.45, 2.75) is 26.3 Å². The second kappa shape index (κ2) is 9.15. The Bertz CT molecular complexity index is 1460. The highest BCUT2D eigenvalue weighted by atomic mass is 16.5. The average Bonchev–Trinajstić information content (AvgIpc) is 3.37. The molecule has 1 fully saturated rings. The van der Waals surface area contributed by atoms with Gasteiger partial charge in [-0.15, -0.1) is 0 Å². The Morgan fingerprint density at radius 3 is 2.72 bits per heavy atom. The first-order valence-electron chi connectivity index (χ1n) is 12.5. The van der Waals surface area contributed by atoms with E-state index in [-0.39, 0.29) is 17.7 Å². The molecule has 182 valence electrons. The number of anilines is 2. The summed E-state index contributed by atoms with van der Waals surface area (Å²) in [4.78, 5) is 28.4. The smallest absolute Gasteiger partial charge is 0.310 e. The van der Waals surface area contributed by atoms with E-state index in [1.807, 2.05) is 55.5 Å². The van der Waals surface area contributed by atoms with Gasteiger partial charge in [-0.1, -0.05) is 59.8 Å². The third-order valence-electron chi connectivity index (χ3n) is 7.09. The Balaban J connectivity index is 1.48. The molecule has 0 spiro atoms. The van der Waals surface area contributed by atoms with Crippen LogP contribution in [0.1, 0.15) is 41.3 Å². The second-order valence-corrected chi connectivity index (χ2v) is 9.30. The monoisotopic (exact) mass is 481 g/mol. The topological polar surface area (TPSA) is 84.7 Å². The highest BCUT2D eigenvalue weighted by molar-refractivity contribution is 6.28. The van der Waals surface area contributed by atoms with E-state index in [9.17, 15) is 9.59 Å². The van der Waals surface area contributed by atoms with E-state index in [0.717, 1.165) is 47.3 Å². The van der Waals surface area contributed by atoms with Crippen LogP contribution < -0.4 is 10.2 Å². The van der Waals surface area contributed by atoms with Crippen molar-refractivity contribution in [3.05, 3.63) is 77.4 Å². The van der Waals surface area contributed by atoms with E-state index in [2.05, 4.69) is 27.5 Å². The number of nitrogens with zero attached hydrogens (tertiary/aromatic N) is 2. The summed E-state index contributed by atoms with van der Waals surface area (Å²) in [6.45, 7) is 4.10. The molecule has 2 aliphatic rings. The molecule has 4 aromatic rings. The molecule has 36 heavy (non-hydrogen) atoms. The van der Waals surface area contributed by atoms with Crippen LogP contribution in [0.3, 0.4) is 0 Å². The van der Waals surface area contributed by atoms with Crippen LogP contribution in [0.5, 0.6) is 0 Å². The lowest BCUT2D eigenvalue weighted by molar-refractivity contribution is -0.148. The summed E-state index contributed by atoms with van der Waals surface area (Å²) in [6.07, 6.45) is 1.66. The number of carbonyl (C=O) groups is 2. The van der Waals surface area contributed by atoms with Crippen molar-refractivity contribution in [3.8, 4) is 11.3 Å². The zero-order chi connectivity index (χ0) is 24.6. The van der Waals surface area contributed by atoms with Crippen LogP contribution in [-0.2, 0) is 16.1 Å². The largest absolute Gasteiger partial charge is 0.466 e. The molecule has 7 nitrogen and oxygen atoms in total. The lowest BCUT2D eigenvalue weighted by Crippen LogP contribution is -2.39. The van der Waals surface area contributed by atoms with Gasteiger partial charge in [0.2, 0.25) is 0 Å². The number of nitrogens with one attached hydrogen (secondary N) is 1. The number of ketones is 1. The molecule has 0 bridgehead atoms. The summed E-state index contributed by atoms with van der Waals surface area (Å²) >= 11 is 0. The predicted octanol–water partition coefficient (Wildman–Crippen LogP) is 5.43. The van der Waals surface area contributed by atoms with Gasteiger partial charge in [-0.05, 0) is 31.4 Å². The molecule has 1 saturated heterocycles. The fraction of sp³-hybridized carbons (Fsp3) is 0.276. The van der Waals surface area contributed by atoms with Crippen LogP contribution >= 0.6 is 0 Å². The molecule has 6 rings (SSSR count). The van der Waals surface area contributed by atoms with Crippen LogP contribution in [0, 0.1) is 5.92 Å². The Labute approximate surface area is 209 Å². The SMILES string of the molecule is CCOC(=O)C1CCCN(c2cc(NCc3ccccc3)c3c4c(onc24)-c2ccccc2C3=O)C1. The van der Waals surface area contributed by atoms with Gasteiger partial charge in [0, 0.05) is 36.4 Å². The highest BCUT2D eigenvalue weighted by Crippen LogP contribution is 2.46. The van der Waals surface area contributed by atoms with E-state index < -0.39 is 0 Å². The highest BCUT2D eigenvalue weighted by Gasteiger charge is 2.35. The van der Waals surface area contributed by atoms with Crippen molar-refractivity contribution in [2.75, 3.05) is 29.9 Å². The molecular weight excluding hydrogens is 454 g/mol. The number of esters is 1. The van der Waals surface area contributed by atoms with Crippen LogP contribution in [0.25, 0.3) is 22.2 Å². The van der Waals surface area contributed by atoms with Gasteiger partial charge in [0.15, 0.2) is 11.5 Å². The zero-order valence-corrected chi connectivity index (χ0v) is 20.1. The van der Waals surface area contributed by atoms with Gasteiger partial charge in [-0.2, -0.15) is 0 Å². The van der Waals surface area contributed by atoms with Crippen molar-refractivity contribution in [3.63, 3.8) is 0 Å². The molecule has 1 N–H and O–H groups in total. The molecule has 0 amide bonds. The number of aromatic nitrogens is 1. The molecule has 2 heterocycles. The van der Waals surface area contributed by atoms with Crippen molar-refractivity contribution >= 4 is 34.0 Å². The van der Waals surface area contributed by atoms with Gasteiger partial charge in [-0.3, -0.25) is 9.59 Å². The molecule has 1 unspecified atom stereocenters. The molecule has 1 aliphatic carbocycles. The zero-order valence-electron chi connectivity index (χ0n) is 20.1. The van der Waals surface area contributed by atoms with Crippen LogP contribution in [0.15, 0.2) is 65.2 Å². The van der Waals surface area contributed by atoms with Crippen molar-refractivity contribution < 1.29 is 18.8 Å². The molecule has 7 heteroatoms. The van der Waals surface area contributed by atoms with E-state index >= 15 is 0 Å². The molecule has 1 aromatic heterocycles. The van der Waals surface area contributed by atoms with Gasteiger partial charge >= 0.3 is 5.97 Å². The average molecular weight is 482 g/mol. The molecular formula is C29H27N3O4. The van der Waals surface area contributed by atoms with Gasteiger partial charge in [-0.25, -0.2) is 0 Å². The Morgan fingerprint density at radius 2 is 1.92 bits per heavy atom. The first-order chi connectivity index (χ1) is 17.7. The maximum atomic E-state index is 13.7. The predicted molar refractivity (Wildman–Crippen MR) is 138 cm³/mol. The molecule has 3 aromatic carbocycles. The third-order valence-corrected chi connectivity index (χ3v) is 7.09. The number of benzene rings is 3. The fourth-order valence-electron chi connectivity index (χ4n) is 5.36. The number of carbonyl (C=O) groups excluding carboxylic acids is 2. The summed E-state index contributed by atoms with van der Waals surface area (Å²) in [7, 11) is 0. The Morgan fingerprint density at radius 1 is 1.14 bits per heavy atom. The summed E-state index contributed by atoms with van der Waals surface area (Å²) < 4.78 is 11.2. The lowest BCUT2D eigenvalue weighted by Gasteiger charge is -2.34. The molecule has 0 saturated carbocycles. The van der Waals surface area contributed by atoms with Crippen molar-refractivity contribution in [1.29, 1.82) is 0 Å². The maximum Gasteiger partial charge on any atom is 0.310 e. The number of piperidine rings is 1. The van der Waals surface area contributed by atoms with Gasteiger partial charge in [0.1, 0.15) is 5.52 Å². The van der Waals surface area contributed by atoms with E-state index in [0.29, 0.717) is 42.1 Å². The van der Waals surface area contributed by atoms with Crippen LogP contribution in [0.2, 0.25) is 0 Å². The standard InChI is InChI=1S/C29H27N3O4/c1-2-35-29(34)19-11-8-14-32(17-19)23-15-22(30-16-18-9-4-3-5-10-18)24-25-26(23)31-36-28(25)21-13-7-6-12-20(21)27(24)33/h3-7,9-10,12-13,15,19,30H,2,8,11,14,16-17H2,1H3. The minimum absolute atomic E-state index is 0.0449. The first-order valence-corrected chi connectivity index (χ1v) is 12.5. The molecule has 1 aliphatic heterocycles. The van der Waals surface area contributed by atoms with Crippen molar-refractivity contribution in [1.82, 2.24) is 5.16 Å². The third kappa shape index (κ3) is 3.71. The van der Waals surface area contributed by atoms with Crippen LogP contribution in [-0.4, -0.2) is 36.6 Å². The quantitative estimate of drug-likeness (QED) is 0.324. The van der Waals surface area contributed by atoms with Gasteiger partial charge in [0.05, 0.1) is 29.2 Å². The minimum atomic E-state index is -0.198. The summed E-state index contributed by atoms with van der Waals surface area (Å²) in [5.41, 5.74) is 5.31. The second-order valence-electron chi connectivity index (χ2n) is 9.30. The number of hydrogen-bond donors (Lipinski definition) is 1. The number of ether oxygens (including phenoxy) is 1. The maximum absolute atomic E-state index is 13.7. The van der Waals surface area contributed by atoms with E-state index in [4.69, 9.17) is 9.26 Å². The Hall–Kier alpha value is -4.13. The van der Waals surface area contributed by atoms with Crippen molar-refractivity contribution in [2.24, 2.45) is 5.92 Å². The summed E-state index contributed by atoms with van der Waals surface area (Å²) in [5, 5.41) is 8.69. The molecule has 1 atom stereocenters. The summed E-state index contributed by atoms with van der Waals surface area (Å²) in [6, 6.07) is 19.6. The van der Waals surface area contributed by atoms with Gasteiger partial charge < -0.3 is 19.5 Å². The van der Waals surface area contributed by atoms with E-state index in [1.165, 1.54) is 0 Å². The number of hydrogen-bond acceptors (Lipinski definition) is 7. The van der Waals surface area contributed by atoms with Crippen LogP contribution in [0.4, 0.5) is 11.4 Å². The Kier molecular flexibility index (Phi) is 5.68. The number of fused-ring (bicyclic) bond motifs is 2. The van der Waals surface area contributed by atoms with Gasteiger partial charge in [0.25, 0.3) is 0 Å². The normalized spacial score (nSPS) is 16.6. The fourth-order valence-corrected chi connectivity index (χ4v) is 5.36.